The van der Waals surface area contributed by atoms with Gasteiger partial charge in [-0.1, -0.05) is 18.2 Å². The Morgan fingerprint density at radius 3 is 2.23 bits per heavy atom. The van der Waals surface area contributed by atoms with Crippen molar-refractivity contribution in [1.29, 1.82) is 0 Å². The van der Waals surface area contributed by atoms with Gasteiger partial charge < -0.3 is 9.47 Å². The van der Waals surface area contributed by atoms with Crippen LogP contribution in [0.2, 0.25) is 0 Å². The number of hydrogen-bond donors (Lipinski definition) is 0. The number of hydrogen-bond acceptors (Lipinski definition) is 2. The second-order valence-electron chi connectivity index (χ2n) is 3.06. The van der Waals surface area contributed by atoms with Crippen molar-refractivity contribution >= 4 is 0 Å². The Morgan fingerprint density at radius 2 is 1.69 bits per heavy atom. The number of rotatable bonds is 4. The molecular weight excluding hydrogens is 164 g/mol. The first-order valence-electron chi connectivity index (χ1n) is 4.43. The summed E-state index contributed by atoms with van der Waals surface area (Å²) < 4.78 is 10.5. The monoisotopic (exact) mass is 180 g/mol. The summed E-state index contributed by atoms with van der Waals surface area (Å²) in [7, 11) is 1.67. The van der Waals surface area contributed by atoms with Crippen LogP contribution in [0, 0.1) is 13.8 Å². The van der Waals surface area contributed by atoms with Gasteiger partial charge in [0.25, 0.3) is 0 Å². The Labute approximate surface area is 79.5 Å². The zero-order valence-corrected chi connectivity index (χ0v) is 8.46. The topological polar surface area (TPSA) is 18.5 Å². The summed E-state index contributed by atoms with van der Waals surface area (Å²) >= 11 is 0. The molecule has 0 aliphatic rings. The van der Waals surface area contributed by atoms with Crippen molar-refractivity contribution in [3.8, 4) is 5.75 Å². The van der Waals surface area contributed by atoms with Gasteiger partial charge >= 0.3 is 0 Å². The molecule has 2 heteroatoms. The van der Waals surface area contributed by atoms with Gasteiger partial charge in [0.15, 0.2) is 0 Å². The van der Waals surface area contributed by atoms with E-state index in [2.05, 4.69) is 26.0 Å². The fraction of sp³-hybridized carbons (Fsp3) is 0.455. The van der Waals surface area contributed by atoms with Gasteiger partial charge in [-0.15, -0.1) is 0 Å². The maximum atomic E-state index is 5.58. The lowest BCUT2D eigenvalue weighted by Gasteiger charge is -2.10. The minimum Gasteiger partial charge on any atom is -0.491 e. The number of para-hydroxylation sites is 1. The van der Waals surface area contributed by atoms with Gasteiger partial charge in [0, 0.05) is 7.11 Å². The lowest BCUT2D eigenvalue weighted by atomic mass is 10.1. The van der Waals surface area contributed by atoms with Crippen molar-refractivity contribution in [2.75, 3.05) is 20.3 Å². The van der Waals surface area contributed by atoms with E-state index in [0.717, 1.165) is 5.75 Å². The molecule has 0 N–H and O–H groups in total. The minimum atomic E-state index is 0.613. The molecule has 72 valence electrons. The first-order chi connectivity index (χ1) is 6.25. The van der Waals surface area contributed by atoms with E-state index in [0.29, 0.717) is 13.2 Å². The number of ether oxygens (including phenoxy) is 2. The lowest BCUT2D eigenvalue weighted by molar-refractivity contribution is 0.145. The summed E-state index contributed by atoms with van der Waals surface area (Å²) in [5.74, 6) is 0.986. The van der Waals surface area contributed by atoms with E-state index < -0.39 is 0 Å². The van der Waals surface area contributed by atoms with E-state index in [1.54, 1.807) is 7.11 Å². The molecular formula is C11H16O2. The Balaban J connectivity index is 2.64. The highest BCUT2D eigenvalue weighted by atomic mass is 16.5. The van der Waals surface area contributed by atoms with Crippen LogP contribution < -0.4 is 4.74 Å². The molecule has 0 fully saturated rings. The number of aryl methyl sites for hydroxylation is 2. The number of benzene rings is 1. The fourth-order valence-corrected chi connectivity index (χ4v) is 1.25. The first kappa shape index (κ1) is 10.1. The van der Waals surface area contributed by atoms with E-state index in [1.165, 1.54) is 11.1 Å². The van der Waals surface area contributed by atoms with E-state index in [-0.39, 0.29) is 0 Å². The van der Waals surface area contributed by atoms with Crippen molar-refractivity contribution in [2.45, 2.75) is 13.8 Å². The molecule has 1 rings (SSSR count). The van der Waals surface area contributed by atoms with Crippen LogP contribution in [0.4, 0.5) is 0 Å². The Bertz CT molecular complexity index is 249. The SMILES string of the molecule is COCCOc1c(C)cccc1C. The highest BCUT2D eigenvalue weighted by Gasteiger charge is 2.01. The average Bonchev–Trinajstić information content (AvgIpc) is 2.10. The molecule has 0 amide bonds. The van der Waals surface area contributed by atoms with Gasteiger partial charge in [-0.05, 0) is 25.0 Å². The largest absolute Gasteiger partial charge is 0.491 e. The summed E-state index contributed by atoms with van der Waals surface area (Å²) in [4.78, 5) is 0. The Hall–Kier alpha value is -1.02. The molecule has 0 atom stereocenters. The molecule has 1 aromatic rings. The Kier molecular flexibility index (Phi) is 3.77. The molecule has 2 nitrogen and oxygen atoms in total. The standard InChI is InChI=1S/C11H16O2/c1-9-5-4-6-10(2)11(9)13-8-7-12-3/h4-6H,7-8H2,1-3H3. The maximum absolute atomic E-state index is 5.58. The van der Waals surface area contributed by atoms with Crippen molar-refractivity contribution in [2.24, 2.45) is 0 Å². The van der Waals surface area contributed by atoms with Crippen LogP contribution in [0.5, 0.6) is 5.75 Å². The van der Waals surface area contributed by atoms with Crippen LogP contribution >= 0.6 is 0 Å². The molecule has 0 unspecified atom stereocenters. The Morgan fingerprint density at radius 1 is 1.08 bits per heavy atom. The predicted molar refractivity (Wildman–Crippen MR) is 53.3 cm³/mol. The summed E-state index contributed by atoms with van der Waals surface area (Å²) in [6.07, 6.45) is 0. The second kappa shape index (κ2) is 4.87. The van der Waals surface area contributed by atoms with Gasteiger partial charge in [-0.25, -0.2) is 0 Å². The third-order valence-corrected chi connectivity index (χ3v) is 1.94. The van der Waals surface area contributed by atoms with Crippen LogP contribution in [-0.4, -0.2) is 20.3 Å². The zero-order valence-electron chi connectivity index (χ0n) is 8.46. The van der Waals surface area contributed by atoms with Gasteiger partial charge in [-0.2, -0.15) is 0 Å². The third kappa shape index (κ3) is 2.74. The van der Waals surface area contributed by atoms with Crippen molar-refractivity contribution in [3.63, 3.8) is 0 Å². The zero-order chi connectivity index (χ0) is 9.68. The lowest BCUT2D eigenvalue weighted by Crippen LogP contribution is -2.06. The smallest absolute Gasteiger partial charge is 0.125 e. The van der Waals surface area contributed by atoms with Crippen LogP contribution in [0.3, 0.4) is 0 Å². The summed E-state index contributed by atoms with van der Waals surface area (Å²) in [6, 6.07) is 6.14. The van der Waals surface area contributed by atoms with Crippen LogP contribution in [0.25, 0.3) is 0 Å². The van der Waals surface area contributed by atoms with E-state index in [9.17, 15) is 0 Å². The molecule has 0 spiro atoms. The molecule has 0 aliphatic carbocycles. The van der Waals surface area contributed by atoms with E-state index in [1.807, 2.05) is 6.07 Å². The van der Waals surface area contributed by atoms with E-state index in [4.69, 9.17) is 9.47 Å². The molecule has 13 heavy (non-hydrogen) atoms. The molecule has 1 aromatic carbocycles. The second-order valence-corrected chi connectivity index (χ2v) is 3.06. The predicted octanol–water partition coefficient (Wildman–Crippen LogP) is 2.33. The van der Waals surface area contributed by atoms with Gasteiger partial charge in [0.1, 0.15) is 12.4 Å². The molecule has 0 radical (unpaired) electrons. The molecule has 0 bridgehead atoms. The average molecular weight is 180 g/mol. The van der Waals surface area contributed by atoms with Crippen LogP contribution in [0.1, 0.15) is 11.1 Å². The van der Waals surface area contributed by atoms with Crippen LogP contribution in [0.15, 0.2) is 18.2 Å². The highest BCUT2D eigenvalue weighted by Crippen LogP contribution is 2.21. The van der Waals surface area contributed by atoms with E-state index >= 15 is 0 Å². The fourth-order valence-electron chi connectivity index (χ4n) is 1.25. The van der Waals surface area contributed by atoms with Gasteiger partial charge in [0.05, 0.1) is 6.61 Å². The quantitative estimate of drug-likeness (QED) is 0.662. The van der Waals surface area contributed by atoms with Crippen molar-refractivity contribution < 1.29 is 9.47 Å². The molecule has 0 saturated heterocycles. The maximum Gasteiger partial charge on any atom is 0.125 e. The number of methoxy groups -OCH3 is 1. The highest BCUT2D eigenvalue weighted by molar-refractivity contribution is 5.39. The minimum absolute atomic E-state index is 0.613. The first-order valence-corrected chi connectivity index (χ1v) is 4.43. The molecule has 0 saturated carbocycles. The molecule has 0 aromatic heterocycles. The van der Waals surface area contributed by atoms with Crippen molar-refractivity contribution in [1.82, 2.24) is 0 Å². The summed E-state index contributed by atoms with van der Waals surface area (Å²) in [5, 5.41) is 0. The van der Waals surface area contributed by atoms with Crippen LogP contribution in [-0.2, 0) is 4.74 Å². The summed E-state index contributed by atoms with van der Waals surface area (Å²) in [5.41, 5.74) is 2.35. The summed E-state index contributed by atoms with van der Waals surface area (Å²) in [6.45, 7) is 5.35. The molecule has 0 aliphatic heterocycles. The normalized spacial score (nSPS) is 10.1. The van der Waals surface area contributed by atoms with Crippen molar-refractivity contribution in [3.05, 3.63) is 29.3 Å². The molecule has 0 heterocycles. The van der Waals surface area contributed by atoms with Gasteiger partial charge in [0.2, 0.25) is 0 Å². The van der Waals surface area contributed by atoms with Gasteiger partial charge in [-0.3, -0.25) is 0 Å². The third-order valence-electron chi connectivity index (χ3n) is 1.94.